The van der Waals surface area contributed by atoms with E-state index in [1.807, 2.05) is 55.2 Å². The molecule has 1 N–H and O–H groups in total. The van der Waals surface area contributed by atoms with Gasteiger partial charge in [-0.05, 0) is 32.0 Å². The van der Waals surface area contributed by atoms with Gasteiger partial charge in [0.2, 0.25) is 11.8 Å². The highest BCUT2D eigenvalue weighted by molar-refractivity contribution is 5.87. The third kappa shape index (κ3) is 2.57. The number of hydrogen-bond acceptors (Lipinski definition) is 5. The Balaban J connectivity index is 1.81. The SMILES string of the molecule is CCn1cc(-n2cc3nc(-c4ccc(OC)nc4C)ccc3c2O)cn1. The summed E-state index contributed by atoms with van der Waals surface area (Å²) in [6, 6.07) is 7.52. The van der Waals surface area contributed by atoms with Crippen LogP contribution < -0.4 is 4.74 Å². The molecule has 4 aromatic rings. The lowest BCUT2D eigenvalue weighted by molar-refractivity contribution is 0.397. The Morgan fingerprint density at radius 3 is 2.65 bits per heavy atom. The molecular weight excluding hydrogens is 330 g/mol. The zero-order chi connectivity index (χ0) is 18.3. The Labute approximate surface area is 150 Å². The maximum atomic E-state index is 10.6. The van der Waals surface area contributed by atoms with E-state index in [4.69, 9.17) is 9.72 Å². The van der Waals surface area contributed by atoms with Crippen LogP contribution in [0.2, 0.25) is 0 Å². The molecule has 0 unspecified atom stereocenters. The van der Waals surface area contributed by atoms with E-state index in [0.717, 1.165) is 29.2 Å². The Bertz CT molecular complexity index is 1100. The molecule has 0 aliphatic carbocycles. The second-order valence-corrected chi connectivity index (χ2v) is 5.99. The molecule has 0 aliphatic heterocycles. The van der Waals surface area contributed by atoms with Gasteiger partial charge in [0.05, 0.1) is 41.3 Å². The third-order valence-corrected chi connectivity index (χ3v) is 4.41. The quantitative estimate of drug-likeness (QED) is 0.611. The van der Waals surface area contributed by atoms with Crippen LogP contribution in [0.25, 0.3) is 27.8 Å². The minimum absolute atomic E-state index is 0.152. The van der Waals surface area contributed by atoms with E-state index in [0.29, 0.717) is 16.8 Å². The fraction of sp³-hybridized carbons (Fsp3) is 0.211. The van der Waals surface area contributed by atoms with Crippen molar-refractivity contribution in [3.8, 4) is 28.7 Å². The standard InChI is InChI=1S/C19H19N5O2/c1-4-23-10-13(9-20-23)24-11-17-15(19(24)25)5-7-16(22-17)14-6-8-18(26-3)21-12(14)2/h5-11,25H,4H2,1-3H3. The summed E-state index contributed by atoms with van der Waals surface area (Å²) in [5, 5.41) is 15.5. The lowest BCUT2D eigenvalue weighted by Gasteiger charge is -2.06. The van der Waals surface area contributed by atoms with E-state index in [1.54, 1.807) is 17.9 Å². The van der Waals surface area contributed by atoms with Crippen LogP contribution in [-0.2, 0) is 6.54 Å². The predicted molar refractivity (Wildman–Crippen MR) is 98.7 cm³/mol. The highest BCUT2D eigenvalue weighted by Crippen LogP contribution is 2.32. The smallest absolute Gasteiger partial charge is 0.213 e. The van der Waals surface area contributed by atoms with Gasteiger partial charge in [-0.2, -0.15) is 5.10 Å². The molecule has 4 aromatic heterocycles. The molecule has 0 saturated heterocycles. The molecule has 0 spiro atoms. The highest BCUT2D eigenvalue weighted by atomic mass is 16.5. The minimum Gasteiger partial charge on any atom is -0.494 e. The third-order valence-electron chi connectivity index (χ3n) is 4.41. The lowest BCUT2D eigenvalue weighted by atomic mass is 10.1. The van der Waals surface area contributed by atoms with Crippen LogP contribution in [0.1, 0.15) is 12.6 Å². The fourth-order valence-electron chi connectivity index (χ4n) is 2.99. The molecule has 4 heterocycles. The van der Waals surface area contributed by atoms with Crippen LogP contribution in [0.5, 0.6) is 11.8 Å². The van der Waals surface area contributed by atoms with Crippen molar-refractivity contribution in [1.29, 1.82) is 0 Å². The number of aromatic hydroxyl groups is 1. The Morgan fingerprint density at radius 2 is 1.96 bits per heavy atom. The normalized spacial score (nSPS) is 11.2. The van der Waals surface area contributed by atoms with Crippen LogP contribution >= 0.6 is 0 Å². The van der Waals surface area contributed by atoms with Crippen molar-refractivity contribution in [3.05, 3.63) is 48.5 Å². The molecule has 0 radical (unpaired) electrons. The molecule has 7 nitrogen and oxygen atoms in total. The maximum Gasteiger partial charge on any atom is 0.213 e. The molecule has 0 aromatic carbocycles. The fourth-order valence-corrected chi connectivity index (χ4v) is 2.99. The van der Waals surface area contributed by atoms with E-state index < -0.39 is 0 Å². The second-order valence-electron chi connectivity index (χ2n) is 5.99. The van der Waals surface area contributed by atoms with Crippen molar-refractivity contribution in [1.82, 2.24) is 24.3 Å². The molecule has 132 valence electrons. The average molecular weight is 349 g/mol. The summed E-state index contributed by atoms with van der Waals surface area (Å²) < 4.78 is 8.66. The number of nitrogens with zero attached hydrogens (tertiary/aromatic N) is 5. The van der Waals surface area contributed by atoms with Crippen LogP contribution in [-0.4, -0.2) is 36.5 Å². The molecule has 0 amide bonds. The van der Waals surface area contributed by atoms with Gasteiger partial charge in [-0.1, -0.05) is 0 Å². The molecule has 0 atom stereocenters. The van der Waals surface area contributed by atoms with Crippen LogP contribution in [0.3, 0.4) is 0 Å². The second kappa shape index (κ2) is 6.18. The van der Waals surface area contributed by atoms with E-state index in [9.17, 15) is 5.11 Å². The summed E-state index contributed by atoms with van der Waals surface area (Å²) >= 11 is 0. The topological polar surface area (TPSA) is 78.0 Å². The number of rotatable bonds is 4. The molecule has 0 saturated carbocycles. The molecule has 7 heteroatoms. The van der Waals surface area contributed by atoms with Gasteiger partial charge < -0.3 is 9.84 Å². The molecule has 0 aliphatic rings. The number of fused-ring (bicyclic) bond motifs is 1. The largest absolute Gasteiger partial charge is 0.494 e. The zero-order valence-corrected chi connectivity index (χ0v) is 14.8. The van der Waals surface area contributed by atoms with Gasteiger partial charge in [-0.15, -0.1) is 0 Å². The van der Waals surface area contributed by atoms with Crippen LogP contribution in [0.4, 0.5) is 0 Å². The lowest BCUT2D eigenvalue weighted by Crippen LogP contribution is -1.93. The van der Waals surface area contributed by atoms with Gasteiger partial charge in [0.15, 0.2) is 0 Å². The van der Waals surface area contributed by atoms with E-state index in [2.05, 4.69) is 10.1 Å². The van der Waals surface area contributed by atoms with Crippen molar-refractivity contribution < 1.29 is 9.84 Å². The van der Waals surface area contributed by atoms with Crippen molar-refractivity contribution in [2.45, 2.75) is 20.4 Å². The zero-order valence-electron chi connectivity index (χ0n) is 14.8. The molecule has 0 bridgehead atoms. The van der Waals surface area contributed by atoms with E-state index in [-0.39, 0.29) is 5.88 Å². The van der Waals surface area contributed by atoms with Crippen molar-refractivity contribution >= 4 is 10.9 Å². The van der Waals surface area contributed by atoms with Crippen molar-refractivity contribution in [3.63, 3.8) is 0 Å². The number of hydrogen-bond donors (Lipinski definition) is 1. The Kier molecular flexibility index (Phi) is 3.84. The molecule has 26 heavy (non-hydrogen) atoms. The van der Waals surface area contributed by atoms with Gasteiger partial charge in [0.25, 0.3) is 0 Å². The monoisotopic (exact) mass is 349 g/mol. The highest BCUT2D eigenvalue weighted by Gasteiger charge is 2.14. The Morgan fingerprint density at radius 1 is 1.12 bits per heavy atom. The average Bonchev–Trinajstić information content (AvgIpc) is 3.25. The first-order valence-electron chi connectivity index (χ1n) is 8.36. The first-order chi connectivity index (χ1) is 12.6. The molecule has 4 rings (SSSR count). The Hall–Kier alpha value is -3.35. The summed E-state index contributed by atoms with van der Waals surface area (Å²) in [6.45, 7) is 4.71. The van der Waals surface area contributed by atoms with Gasteiger partial charge >= 0.3 is 0 Å². The van der Waals surface area contributed by atoms with Gasteiger partial charge in [-0.3, -0.25) is 9.25 Å². The summed E-state index contributed by atoms with van der Waals surface area (Å²) in [4.78, 5) is 9.11. The number of aryl methyl sites for hydroxylation is 2. The first kappa shape index (κ1) is 16.1. The van der Waals surface area contributed by atoms with Gasteiger partial charge in [-0.25, -0.2) is 9.97 Å². The van der Waals surface area contributed by atoms with E-state index in [1.165, 1.54) is 0 Å². The summed E-state index contributed by atoms with van der Waals surface area (Å²) in [6.07, 6.45) is 5.43. The summed E-state index contributed by atoms with van der Waals surface area (Å²) in [5.41, 5.74) is 4.07. The first-order valence-corrected chi connectivity index (χ1v) is 8.36. The number of ether oxygens (including phenoxy) is 1. The summed E-state index contributed by atoms with van der Waals surface area (Å²) in [5.74, 6) is 0.725. The van der Waals surface area contributed by atoms with Crippen LogP contribution in [0.15, 0.2) is 42.9 Å². The predicted octanol–water partition coefficient (Wildman–Crippen LogP) is 3.33. The maximum absolute atomic E-state index is 10.6. The van der Waals surface area contributed by atoms with Gasteiger partial charge in [0.1, 0.15) is 0 Å². The number of pyridine rings is 2. The van der Waals surface area contributed by atoms with Crippen LogP contribution in [0, 0.1) is 6.92 Å². The van der Waals surface area contributed by atoms with E-state index >= 15 is 0 Å². The number of methoxy groups -OCH3 is 1. The van der Waals surface area contributed by atoms with Gasteiger partial charge in [0, 0.05) is 30.6 Å². The summed E-state index contributed by atoms with van der Waals surface area (Å²) in [7, 11) is 1.60. The molecule has 0 fully saturated rings. The molecular formula is C19H19N5O2. The van der Waals surface area contributed by atoms with Crippen molar-refractivity contribution in [2.24, 2.45) is 0 Å². The van der Waals surface area contributed by atoms with Crippen molar-refractivity contribution in [2.75, 3.05) is 7.11 Å². The number of aromatic nitrogens is 5. The minimum atomic E-state index is 0.152.